The Morgan fingerprint density at radius 3 is 2.42 bits per heavy atom. The van der Waals surface area contributed by atoms with Crippen LogP contribution in [0.1, 0.15) is 19.5 Å². The third-order valence-electron chi connectivity index (χ3n) is 3.27. The molecule has 1 saturated heterocycles. The van der Waals surface area contributed by atoms with Gasteiger partial charge < -0.3 is 9.67 Å². The quantitative estimate of drug-likeness (QED) is 0.906. The van der Waals surface area contributed by atoms with Crippen LogP contribution in [0.5, 0.6) is 0 Å². The van der Waals surface area contributed by atoms with Crippen molar-refractivity contribution >= 4 is 21.8 Å². The number of hydrogen-bond donors (Lipinski definition) is 1. The molecule has 0 bridgehead atoms. The van der Waals surface area contributed by atoms with Crippen LogP contribution >= 0.6 is 11.8 Å². The van der Waals surface area contributed by atoms with Crippen molar-refractivity contribution < 1.29 is 13.5 Å². The van der Waals surface area contributed by atoms with Crippen LogP contribution in [-0.2, 0) is 23.7 Å². The van der Waals surface area contributed by atoms with Crippen molar-refractivity contribution in [2.24, 2.45) is 7.05 Å². The molecule has 2 unspecified atom stereocenters. The van der Waals surface area contributed by atoms with Crippen molar-refractivity contribution in [1.82, 2.24) is 8.87 Å². The number of rotatable bonds is 3. The van der Waals surface area contributed by atoms with Crippen LogP contribution in [0.3, 0.4) is 0 Å². The zero-order valence-corrected chi connectivity index (χ0v) is 13.0. The van der Waals surface area contributed by atoms with Gasteiger partial charge >= 0.3 is 0 Å². The number of hydrogen-bond acceptors (Lipinski definition) is 4. The molecule has 2 atom stereocenters. The lowest BCUT2D eigenvalue weighted by Gasteiger charge is -2.33. The second-order valence-electron chi connectivity index (χ2n) is 5.02. The molecule has 1 aromatic heterocycles. The molecule has 2 heterocycles. The average Bonchev–Trinajstić information content (AvgIpc) is 2.70. The van der Waals surface area contributed by atoms with E-state index in [4.69, 9.17) is 5.11 Å². The van der Waals surface area contributed by atoms with E-state index in [9.17, 15) is 8.42 Å². The topological polar surface area (TPSA) is 62.5 Å². The molecule has 0 radical (unpaired) electrons. The molecule has 0 aromatic carbocycles. The Labute approximate surface area is 118 Å². The highest BCUT2D eigenvalue weighted by atomic mass is 32.2. The van der Waals surface area contributed by atoms with E-state index in [1.807, 2.05) is 25.6 Å². The first kappa shape index (κ1) is 14.9. The normalized spacial score (nSPS) is 25.7. The number of sulfonamides is 1. The van der Waals surface area contributed by atoms with Crippen molar-refractivity contribution in [3.63, 3.8) is 0 Å². The number of aromatic nitrogens is 1. The fraction of sp³-hybridized carbons (Fsp3) is 0.667. The smallest absolute Gasteiger partial charge is 0.244 e. The van der Waals surface area contributed by atoms with Crippen LogP contribution in [-0.4, -0.2) is 46.0 Å². The van der Waals surface area contributed by atoms with Gasteiger partial charge in [0.25, 0.3) is 0 Å². The van der Waals surface area contributed by atoms with Gasteiger partial charge in [-0.1, -0.05) is 13.8 Å². The molecular formula is C12H20N2O3S2. The zero-order valence-electron chi connectivity index (χ0n) is 11.4. The van der Waals surface area contributed by atoms with Gasteiger partial charge in [0, 0.05) is 42.5 Å². The SMILES string of the molecule is CC1CN(S(=O)(=O)c2cc(CO)n(C)c2)CC(C)S1. The molecule has 19 heavy (non-hydrogen) atoms. The molecule has 0 saturated carbocycles. The van der Waals surface area contributed by atoms with Gasteiger partial charge in [0.15, 0.2) is 0 Å². The molecule has 2 rings (SSSR count). The van der Waals surface area contributed by atoms with Crippen molar-refractivity contribution in [1.29, 1.82) is 0 Å². The van der Waals surface area contributed by atoms with Gasteiger partial charge in [0.2, 0.25) is 10.0 Å². The Morgan fingerprint density at radius 2 is 1.95 bits per heavy atom. The Hall–Kier alpha value is -0.500. The van der Waals surface area contributed by atoms with E-state index in [2.05, 4.69) is 0 Å². The molecular weight excluding hydrogens is 284 g/mol. The maximum atomic E-state index is 12.6. The second-order valence-corrected chi connectivity index (χ2v) is 8.84. The number of thioether (sulfide) groups is 1. The Balaban J connectivity index is 2.30. The van der Waals surface area contributed by atoms with Gasteiger partial charge in [0.05, 0.1) is 6.61 Å². The second kappa shape index (κ2) is 5.47. The Bertz CT molecular complexity index is 543. The summed E-state index contributed by atoms with van der Waals surface area (Å²) in [4.78, 5) is 0.269. The van der Waals surface area contributed by atoms with Crippen LogP contribution in [0.25, 0.3) is 0 Å². The van der Waals surface area contributed by atoms with E-state index < -0.39 is 10.0 Å². The standard InChI is InChI=1S/C12H20N2O3S2/c1-9-5-14(6-10(2)18-9)19(16,17)12-4-11(8-15)13(3)7-12/h4,7,9-10,15H,5-6,8H2,1-3H3. The summed E-state index contributed by atoms with van der Waals surface area (Å²) in [7, 11) is -1.71. The van der Waals surface area contributed by atoms with Crippen molar-refractivity contribution in [2.75, 3.05) is 13.1 Å². The number of aryl methyl sites for hydroxylation is 1. The maximum absolute atomic E-state index is 12.6. The lowest BCUT2D eigenvalue weighted by molar-refractivity contribution is 0.272. The molecule has 0 amide bonds. The predicted molar refractivity (Wildman–Crippen MR) is 76.6 cm³/mol. The molecule has 1 aromatic rings. The highest BCUT2D eigenvalue weighted by Gasteiger charge is 2.32. The van der Waals surface area contributed by atoms with Crippen LogP contribution in [0, 0.1) is 0 Å². The molecule has 0 aliphatic carbocycles. The lowest BCUT2D eigenvalue weighted by Crippen LogP contribution is -2.43. The van der Waals surface area contributed by atoms with E-state index in [1.54, 1.807) is 28.2 Å². The largest absolute Gasteiger partial charge is 0.390 e. The number of aliphatic hydroxyl groups excluding tert-OH is 1. The summed E-state index contributed by atoms with van der Waals surface area (Å²) in [6, 6.07) is 1.55. The van der Waals surface area contributed by atoms with Crippen molar-refractivity contribution in [3.05, 3.63) is 18.0 Å². The molecule has 7 heteroatoms. The van der Waals surface area contributed by atoms with Gasteiger partial charge in [0.1, 0.15) is 4.90 Å². The predicted octanol–water partition coefficient (Wildman–Crippen LogP) is 1.03. The summed E-state index contributed by atoms with van der Waals surface area (Å²) in [6.45, 7) is 5.02. The van der Waals surface area contributed by atoms with Gasteiger partial charge in [-0.2, -0.15) is 16.1 Å². The van der Waals surface area contributed by atoms with E-state index in [0.717, 1.165) is 0 Å². The van der Waals surface area contributed by atoms with Gasteiger partial charge in [-0.25, -0.2) is 8.42 Å². The fourth-order valence-electron chi connectivity index (χ4n) is 2.35. The third-order valence-corrected chi connectivity index (χ3v) is 6.29. The third kappa shape index (κ3) is 2.99. The van der Waals surface area contributed by atoms with E-state index >= 15 is 0 Å². The summed E-state index contributed by atoms with van der Waals surface area (Å²) >= 11 is 1.82. The zero-order chi connectivity index (χ0) is 14.2. The van der Waals surface area contributed by atoms with Crippen LogP contribution in [0.2, 0.25) is 0 Å². The summed E-state index contributed by atoms with van der Waals surface area (Å²) < 4.78 is 28.4. The van der Waals surface area contributed by atoms with E-state index in [1.165, 1.54) is 0 Å². The summed E-state index contributed by atoms with van der Waals surface area (Å²) in [5.41, 5.74) is 0.603. The van der Waals surface area contributed by atoms with Gasteiger partial charge in [-0.15, -0.1) is 0 Å². The molecule has 1 N–H and O–H groups in total. The number of aliphatic hydroxyl groups is 1. The molecule has 5 nitrogen and oxygen atoms in total. The van der Waals surface area contributed by atoms with Gasteiger partial charge in [-0.05, 0) is 6.07 Å². The van der Waals surface area contributed by atoms with Crippen LogP contribution < -0.4 is 0 Å². The minimum absolute atomic E-state index is 0.158. The molecule has 1 aliphatic heterocycles. The summed E-state index contributed by atoms with van der Waals surface area (Å²) in [5, 5.41) is 9.77. The van der Waals surface area contributed by atoms with E-state index in [-0.39, 0.29) is 11.5 Å². The number of nitrogens with zero attached hydrogens (tertiary/aromatic N) is 2. The van der Waals surface area contributed by atoms with Gasteiger partial charge in [-0.3, -0.25) is 0 Å². The monoisotopic (exact) mass is 304 g/mol. The molecule has 0 spiro atoms. The van der Waals surface area contributed by atoms with Crippen molar-refractivity contribution in [3.8, 4) is 0 Å². The Kier molecular flexibility index (Phi) is 4.29. The minimum Gasteiger partial charge on any atom is -0.390 e. The minimum atomic E-state index is -3.45. The first-order chi connectivity index (χ1) is 8.84. The lowest BCUT2D eigenvalue weighted by atomic mass is 10.4. The molecule has 1 aliphatic rings. The Morgan fingerprint density at radius 1 is 1.37 bits per heavy atom. The fourth-order valence-corrected chi connectivity index (χ4v) is 5.58. The summed E-state index contributed by atoms with van der Waals surface area (Å²) in [6.07, 6.45) is 1.57. The average molecular weight is 304 g/mol. The maximum Gasteiger partial charge on any atom is 0.244 e. The first-order valence-corrected chi connectivity index (χ1v) is 8.64. The van der Waals surface area contributed by atoms with Crippen LogP contribution in [0.4, 0.5) is 0 Å². The highest BCUT2D eigenvalue weighted by molar-refractivity contribution is 8.00. The first-order valence-electron chi connectivity index (χ1n) is 6.26. The van der Waals surface area contributed by atoms with E-state index in [0.29, 0.717) is 29.3 Å². The van der Waals surface area contributed by atoms with Crippen molar-refractivity contribution in [2.45, 2.75) is 35.8 Å². The highest BCUT2D eigenvalue weighted by Crippen LogP contribution is 2.29. The molecule has 108 valence electrons. The molecule has 1 fully saturated rings. The van der Waals surface area contributed by atoms with Crippen LogP contribution in [0.15, 0.2) is 17.2 Å². The summed E-state index contributed by atoms with van der Waals surface area (Å²) in [5.74, 6) is 0.